The zero-order valence-electron chi connectivity index (χ0n) is 20.2. The lowest BCUT2D eigenvalue weighted by atomic mass is 10.2. The van der Waals surface area contributed by atoms with Crippen molar-refractivity contribution in [3.8, 4) is 6.07 Å². The van der Waals surface area contributed by atoms with Gasteiger partial charge in [0.05, 0.1) is 17.0 Å². The number of nitro groups is 1. The van der Waals surface area contributed by atoms with Crippen molar-refractivity contribution in [2.75, 3.05) is 42.9 Å². The minimum atomic E-state index is -0.420. The first kappa shape index (κ1) is 24.9. The molecule has 36 heavy (non-hydrogen) atoms. The predicted molar refractivity (Wildman–Crippen MR) is 135 cm³/mol. The summed E-state index contributed by atoms with van der Waals surface area (Å²) in [6.45, 7) is 7.02. The molecule has 0 radical (unpaired) electrons. The Morgan fingerprint density at radius 1 is 1.08 bits per heavy atom. The molecular formula is C26H27FN6O3. The monoisotopic (exact) mass is 490 g/mol. The number of hydrogen-bond acceptors (Lipinski definition) is 6. The number of carbonyl (C=O) groups is 1. The van der Waals surface area contributed by atoms with E-state index in [4.69, 9.17) is 0 Å². The second-order valence-electron chi connectivity index (χ2n) is 8.84. The molecule has 1 saturated heterocycles. The number of nitrogens with one attached hydrogen (secondary N) is 1. The average Bonchev–Trinajstić information content (AvgIpc) is 3.09. The van der Waals surface area contributed by atoms with Crippen LogP contribution in [0.1, 0.15) is 22.4 Å². The first-order valence-electron chi connectivity index (χ1n) is 11.6. The molecule has 0 bridgehead atoms. The molecule has 10 heteroatoms. The number of nitro benzene ring substituents is 1. The van der Waals surface area contributed by atoms with Crippen molar-refractivity contribution in [2.45, 2.75) is 20.4 Å². The lowest BCUT2D eigenvalue weighted by Crippen LogP contribution is -2.48. The highest BCUT2D eigenvalue weighted by molar-refractivity contribution is 5.93. The SMILES string of the molecule is Cc1c(C#N)c(NC(=O)CN2CCN(c3ccc([N+](=O)[O-])cc3)CC2)n(Cc2ccc(F)cc2)c1C. The highest BCUT2D eigenvalue weighted by Gasteiger charge is 2.23. The standard InChI is InChI=1S/C26H27FN6O3/c1-18-19(2)32(16-20-3-5-21(27)6-4-20)26(24(18)15-28)29-25(34)17-30-11-13-31(14-12-30)22-7-9-23(10-8-22)33(35)36/h3-10H,11-14,16-17H2,1-2H3,(H,29,34). The smallest absolute Gasteiger partial charge is 0.269 e. The zero-order chi connectivity index (χ0) is 25.8. The Labute approximate surface area is 208 Å². The van der Waals surface area contributed by atoms with Gasteiger partial charge in [0.2, 0.25) is 5.91 Å². The van der Waals surface area contributed by atoms with Crippen LogP contribution in [-0.2, 0) is 11.3 Å². The van der Waals surface area contributed by atoms with Crippen LogP contribution in [-0.4, -0.2) is 53.0 Å². The number of benzene rings is 2. The number of nitrogens with zero attached hydrogens (tertiary/aromatic N) is 5. The van der Waals surface area contributed by atoms with Gasteiger partial charge >= 0.3 is 0 Å². The molecule has 3 aromatic rings. The molecule has 186 valence electrons. The maximum Gasteiger partial charge on any atom is 0.269 e. The topological polar surface area (TPSA) is 107 Å². The van der Waals surface area contributed by atoms with Gasteiger partial charge in [0, 0.05) is 56.2 Å². The second-order valence-corrected chi connectivity index (χ2v) is 8.84. The van der Waals surface area contributed by atoms with Gasteiger partial charge in [0.15, 0.2) is 0 Å². The van der Waals surface area contributed by atoms with E-state index >= 15 is 0 Å². The maximum atomic E-state index is 13.3. The van der Waals surface area contributed by atoms with Crippen molar-refractivity contribution >= 4 is 23.1 Å². The van der Waals surface area contributed by atoms with E-state index in [9.17, 15) is 24.6 Å². The van der Waals surface area contributed by atoms with Crippen LogP contribution in [0.5, 0.6) is 0 Å². The van der Waals surface area contributed by atoms with Crippen LogP contribution in [0.4, 0.5) is 21.6 Å². The van der Waals surface area contributed by atoms with E-state index < -0.39 is 4.92 Å². The number of rotatable bonds is 7. The molecule has 1 aromatic heterocycles. The molecule has 4 rings (SSSR count). The highest BCUT2D eigenvalue weighted by atomic mass is 19.1. The summed E-state index contributed by atoms with van der Waals surface area (Å²) in [5.74, 6) is -0.0847. The zero-order valence-corrected chi connectivity index (χ0v) is 20.2. The third kappa shape index (κ3) is 5.37. The van der Waals surface area contributed by atoms with E-state index in [1.54, 1.807) is 24.3 Å². The third-order valence-electron chi connectivity index (χ3n) is 6.62. The van der Waals surface area contributed by atoms with Gasteiger partial charge in [-0.05, 0) is 49.2 Å². The number of non-ortho nitro benzene ring substituents is 1. The Balaban J connectivity index is 1.40. The van der Waals surface area contributed by atoms with Gasteiger partial charge in [-0.25, -0.2) is 4.39 Å². The summed E-state index contributed by atoms with van der Waals surface area (Å²) in [5, 5.41) is 23.5. The number of halogens is 1. The predicted octanol–water partition coefficient (Wildman–Crippen LogP) is 3.83. The minimum absolute atomic E-state index is 0.0560. The van der Waals surface area contributed by atoms with Gasteiger partial charge in [-0.2, -0.15) is 5.26 Å². The normalized spacial score (nSPS) is 13.9. The van der Waals surface area contributed by atoms with Crippen LogP contribution in [0.15, 0.2) is 48.5 Å². The molecule has 1 amide bonds. The summed E-state index contributed by atoms with van der Waals surface area (Å²) in [5.41, 5.74) is 3.91. The first-order valence-corrected chi connectivity index (χ1v) is 11.6. The molecule has 1 aliphatic heterocycles. The number of piperazine rings is 1. The summed E-state index contributed by atoms with van der Waals surface area (Å²) in [6.07, 6.45) is 0. The summed E-state index contributed by atoms with van der Waals surface area (Å²) < 4.78 is 15.2. The number of hydrogen-bond donors (Lipinski definition) is 1. The molecule has 9 nitrogen and oxygen atoms in total. The Kier molecular flexibility index (Phi) is 7.31. The Bertz CT molecular complexity index is 1300. The van der Waals surface area contributed by atoms with Gasteiger partial charge < -0.3 is 14.8 Å². The first-order chi connectivity index (χ1) is 17.3. The number of nitriles is 1. The minimum Gasteiger partial charge on any atom is -0.369 e. The lowest BCUT2D eigenvalue weighted by molar-refractivity contribution is -0.384. The van der Waals surface area contributed by atoms with E-state index in [-0.39, 0.29) is 24.0 Å². The largest absolute Gasteiger partial charge is 0.369 e. The van der Waals surface area contributed by atoms with Crippen LogP contribution < -0.4 is 10.2 Å². The molecule has 0 atom stereocenters. The molecule has 1 aliphatic rings. The number of carbonyl (C=O) groups excluding carboxylic acids is 1. The van der Waals surface area contributed by atoms with E-state index in [1.165, 1.54) is 24.3 Å². The van der Waals surface area contributed by atoms with Gasteiger partial charge in [-0.3, -0.25) is 19.8 Å². The van der Waals surface area contributed by atoms with Crippen LogP contribution in [0.25, 0.3) is 0 Å². The summed E-state index contributed by atoms with van der Waals surface area (Å²) in [6, 6.07) is 14.8. The molecule has 0 aliphatic carbocycles. The molecular weight excluding hydrogens is 463 g/mol. The quantitative estimate of drug-likeness (QED) is 0.398. The fraction of sp³-hybridized carbons (Fsp3) is 0.308. The van der Waals surface area contributed by atoms with E-state index in [2.05, 4.69) is 16.3 Å². The summed E-state index contributed by atoms with van der Waals surface area (Å²) in [7, 11) is 0. The van der Waals surface area contributed by atoms with Gasteiger partial charge in [0.1, 0.15) is 17.7 Å². The molecule has 0 saturated carbocycles. The van der Waals surface area contributed by atoms with Crippen molar-refractivity contribution in [3.63, 3.8) is 0 Å². The Hall–Kier alpha value is -4.23. The fourth-order valence-electron chi connectivity index (χ4n) is 4.42. The third-order valence-corrected chi connectivity index (χ3v) is 6.62. The second kappa shape index (κ2) is 10.6. The maximum absolute atomic E-state index is 13.3. The molecule has 1 fully saturated rings. The Morgan fingerprint density at radius 3 is 2.31 bits per heavy atom. The van der Waals surface area contributed by atoms with Crippen molar-refractivity contribution in [3.05, 3.63) is 86.8 Å². The van der Waals surface area contributed by atoms with Gasteiger partial charge in [-0.1, -0.05) is 12.1 Å². The van der Waals surface area contributed by atoms with E-state index in [1.807, 2.05) is 23.3 Å². The van der Waals surface area contributed by atoms with Gasteiger partial charge in [0.25, 0.3) is 5.69 Å². The van der Waals surface area contributed by atoms with Crippen LogP contribution in [0.3, 0.4) is 0 Å². The molecule has 1 N–H and O–H groups in total. The molecule has 0 unspecified atom stereocenters. The highest BCUT2D eigenvalue weighted by Crippen LogP contribution is 2.27. The lowest BCUT2D eigenvalue weighted by Gasteiger charge is -2.35. The van der Waals surface area contributed by atoms with Crippen molar-refractivity contribution < 1.29 is 14.1 Å². The molecule has 0 spiro atoms. The fourth-order valence-corrected chi connectivity index (χ4v) is 4.42. The number of anilines is 2. The van der Waals surface area contributed by atoms with Crippen LogP contribution in [0, 0.1) is 41.1 Å². The number of amides is 1. The molecule has 2 heterocycles. The van der Waals surface area contributed by atoms with Crippen molar-refractivity contribution in [2.24, 2.45) is 0 Å². The van der Waals surface area contributed by atoms with E-state index in [0.717, 1.165) is 22.5 Å². The number of aromatic nitrogens is 1. The molecule has 2 aromatic carbocycles. The van der Waals surface area contributed by atoms with Gasteiger partial charge in [-0.15, -0.1) is 0 Å². The van der Waals surface area contributed by atoms with Crippen LogP contribution >= 0.6 is 0 Å². The average molecular weight is 491 g/mol. The van der Waals surface area contributed by atoms with Crippen LogP contribution in [0.2, 0.25) is 0 Å². The van der Waals surface area contributed by atoms with Crippen molar-refractivity contribution in [1.29, 1.82) is 5.26 Å². The Morgan fingerprint density at radius 2 is 1.72 bits per heavy atom. The summed E-state index contributed by atoms with van der Waals surface area (Å²) >= 11 is 0. The van der Waals surface area contributed by atoms with Crippen molar-refractivity contribution in [1.82, 2.24) is 9.47 Å². The summed E-state index contributed by atoms with van der Waals surface area (Å²) in [4.78, 5) is 27.6. The van der Waals surface area contributed by atoms with E-state index in [0.29, 0.717) is 44.1 Å².